The first-order chi connectivity index (χ1) is 10.4. The van der Waals surface area contributed by atoms with Crippen LogP contribution in [0.5, 0.6) is 0 Å². The van der Waals surface area contributed by atoms with Gasteiger partial charge in [-0.15, -0.1) is 0 Å². The molecule has 4 nitrogen and oxygen atoms in total. The number of pyridine rings is 1. The Balaban J connectivity index is 2.40. The summed E-state index contributed by atoms with van der Waals surface area (Å²) in [6.45, 7) is 10.2. The van der Waals surface area contributed by atoms with Crippen molar-refractivity contribution in [3.63, 3.8) is 0 Å². The van der Waals surface area contributed by atoms with Crippen LogP contribution in [0.25, 0.3) is 21.8 Å². The fraction of sp³-hybridized carbons (Fsp3) is 0.333. The number of hydrogen-bond acceptors (Lipinski definition) is 3. The molecule has 1 N–H and O–H groups in total. The number of nitrogens with one attached hydrogen (secondary N) is 1. The van der Waals surface area contributed by atoms with E-state index in [-0.39, 0.29) is 5.97 Å². The van der Waals surface area contributed by atoms with E-state index < -0.39 is 0 Å². The van der Waals surface area contributed by atoms with Crippen LogP contribution in [0.3, 0.4) is 0 Å². The van der Waals surface area contributed by atoms with Gasteiger partial charge in [0.2, 0.25) is 0 Å². The summed E-state index contributed by atoms with van der Waals surface area (Å²) in [6, 6.07) is 4.06. The van der Waals surface area contributed by atoms with E-state index in [1.807, 2.05) is 26.8 Å². The van der Waals surface area contributed by atoms with Gasteiger partial charge in [0.1, 0.15) is 0 Å². The molecule has 2 heterocycles. The average molecular weight is 296 g/mol. The minimum absolute atomic E-state index is 0.298. The molecule has 114 valence electrons. The van der Waals surface area contributed by atoms with Crippen LogP contribution in [0.15, 0.2) is 12.1 Å². The first-order valence-corrected chi connectivity index (χ1v) is 7.51. The molecule has 0 aliphatic heterocycles. The maximum atomic E-state index is 12.1. The molecule has 3 rings (SSSR count). The predicted molar refractivity (Wildman–Crippen MR) is 88.5 cm³/mol. The van der Waals surface area contributed by atoms with E-state index in [1.165, 1.54) is 5.56 Å². The summed E-state index contributed by atoms with van der Waals surface area (Å²) in [6.07, 6.45) is 0. The number of H-pyrrole nitrogens is 1. The molecule has 3 aromatic rings. The molecule has 0 unspecified atom stereocenters. The Labute approximate surface area is 129 Å². The van der Waals surface area contributed by atoms with Crippen molar-refractivity contribution in [3.05, 3.63) is 40.2 Å². The highest BCUT2D eigenvalue weighted by Gasteiger charge is 2.16. The first-order valence-electron chi connectivity index (χ1n) is 7.51. The van der Waals surface area contributed by atoms with Gasteiger partial charge in [-0.1, -0.05) is 0 Å². The minimum Gasteiger partial charge on any atom is -0.462 e. The highest BCUT2D eigenvalue weighted by Crippen LogP contribution is 2.31. The van der Waals surface area contributed by atoms with Crippen molar-refractivity contribution in [2.45, 2.75) is 34.6 Å². The van der Waals surface area contributed by atoms with Gasteiger partial charge in [-0.05, 0) is 57.9 Å². The summed E-state index contributed by atoms with van der Waals surface area (Å²) in [5.41, 5.74) is 6.72. The van der Waals surface area contributed by atoms with E-state index in [0.29, 0.717) is 12.2 Å². The molecule has 4 heteroatoms. The van der Waals surface area contributed by atoms with Gasteiger partial charge in [-0.3, -0.25) is 4.98 Å². The van der Waals surface area contributed by atoms with Crippen molar-refractivity contribution in [3.8, 4) is 0 Å². The lowest BCUT2D eigenvalue weighted by atomic mass is 10.0. The molecule has 0 aliphatic carbocycles. The molecule has 0 fully saturated rings. The number of aryl methyl sites for hydroxylation is 4. The maximum absolute atomic E-state index is 12.1. The number of aromatic amines is 1. The van der Waals surface area contributed by atoms with Crippen LogP contribution in [0.1, 0.15) is 39.8 Å². The third-order valence-electron chi connectivity index (χ3n) is 4.26. The van der Waals surface area contributed by atoms with E-state index in [2.05, 4.69) is 29.9 Å². The molecule has 0 aliphatic rings. The second kappa shape index (κ2) is 5.13. The van der Waals surface area contributed by atoms with Crippen molar-refractivity contribution in [1.29, 1.82) is 0 Å². The standard InChI is InChI=1S/C18H20N2O2/c1-6-22-18(21)14-8-15-16(20-12(14)5)9(2)7-13-10(3)11(4)19-17(13)15/h7-8,20H,6H2,1-5H3. The Hall–Kier alpha value is -2.36. The summed E-state index contributed by atoms with van der Waals surface area (Å²) in [4.78, 5) is 20.2. The van der Waals surface area contributed by atoms with Gasteiger partial charge >= 0.3 is 5.97 Å². The number of carbonyl (C=O) groups excluding carboxylic acids is 1. The Bertz CT molecular complexity index is 907. The number of rotatable bonds is 2. The quantitative estimate of drug-likeness (QED) is 0.723. The number of ether oxygens (including phenoxy) is 1. The normalized spacial score (nSPS) is 11.3. The Morgan fingerprint density at radius 3 is 2.59 bits per heavy atom. The molecule has 0 saturated heterocycles. The Kier molecular flexibility index (Phi) is 3.39. The van der Waals surface area contributed by atoms with Crippen LogP contribution in [-0.4, -0.2) is 22.5 Å². The van der Waals surface area contributed by atoms with Crippen molar-refractivity contribution < 1.29 is 9.53 Å². The smallest absolute Gasteiger partial charge is 0.339 e. The number of carbonyl (C=O) groups is 1. The zero-order valence-electron chi connectivity index (χ0n) is 13.6. The number of nitrogens with zero attached hydrogens (tertiary/aromatic N) is 1. The second-order valence-corrected chi connectivity index (χ2v) is 5.73. The number of esters is 1. The fourth-order valence-electron chi connectivity index (χ4n) is 2.92. The van der Waals surface area contributed by atoms with Crippen LogP contribution in [0.4, 0.5) is 0 Å². The summed E-state index contributed by atoms with van der Waals surface area (Å²) in [7, 11) is 0. The van der Waals surface area contributed by atoms with Crippen molar-refractivity contribution in [2.24, 2.45) is 0 Å². The summed E-state index contributed by atoms with van der Waals surface area (Å²) < 4.78 is 5.15. The monoisotopic (exact) mass is 296 g/mol. The molecular weight excluding hydrogens is 276 g/mol. The third-order valence-corrected chi connectivity index (χ3v) is 4.26. The van der Waals surface area contributed by atoms with Crippen LogP contribution in [-0.2, 0) is 4.74 Å². The Morgan fingerprint density at radius 2 is 1.91 bits per heavy atom. The van der Waals surface area contributed by atoms with E-state index >= 15 is 0 Å². The SMILES string of the molecule is CCOC(=O)c1cc2c([nH]c1C)c(C)cc1c(C)c(C)nc12. The topological polar surface area (TPSA) is 55.0 Å². The number of aromatic nitrogens is 2. The summed E-state index contributed by atoms with van der Waals surface area (Å²) in [5.74, 6) is -0.298. The zero-order valence-corrected chi connectivity index (χ0v) is 13.6. The first kappa shape index (κ1) is 14.6. The average Bonchev–Trinajstić information content (AvgIpc) is 2.75. The largest absolute Gasteiger partial charge is 0.462 e. The van der Waals surface area contributed by atoms with E-state index in [9.17, 15) is 4.79 Å². The van der Waals surface area contributed by atoms with Crippen molar-refractivity contribution in [1.82, 2.24) is 9.97 Å². The molecule has 0 amide bonds. The Morgan fingerprint density at radius 1 is 1.18 bits per heavy atom. The van der Waals surface area contributed by atoms with Gasteiger partial charge in [0, 0.05) is 22.2 Å². The van der Waals surface area contributed by atoms with Crippen molar-refractivity contribution >= 4 is 27.8 Å². The highest BCUT2D eigenvalue weighted by atomic mass is 16.5. The lowest BCUT2D eigenvalue weighted by molar-refractivity contribution is 0.0525. The molecule has 0 saturated carbocycles. The second-order valence-electron chi connectivity index (χ2n) is 5.73. The lowest BCUT2D eigenvalue weighted by Gasteiger charge is -2.11. The molecule has 0 bridgehead atoms. The van der Waals surface area contributed by atoms with Crippen molar-refractivity contribution in [2.75, 3.05) is 6.61 Å². The van der Waals surface area contributed by atoms with Gasteiger partial charge in [0.25, 0.3) is 0 Å². The molecule has 2 aromatic heterocycles. The van der Waals surface area contributed by atoms with Gasteiger partial charge in [-0.2, -0.15) is 0 Å². The van der Waals surface area contributed by atoms with Crippen LogP contribution in [0, 0.1) is 27.7 Å². The van der Waals surface area contributed by atoms with Gasteiger partial charge in [0.05, 0.1) is 23.2 Å². The van der Waals surface area contributed by atoms with Gasteiger partial charge in [-0.25, -0.2) is 4.79 Å². The van der Waals surface area contributed by atoms with Gasteiger partial charge < -0.3 is 9.72 Å². The van der Waals surface area contributed by atoms with Gasteiger partial charge in [0.15, 0.2) is 0 Å². The minimum atomic E-state index is -0.298. The third kappa shape index (κ3) is 2.06. The molecular formula is C18H20N2O2. The number of benzene rings is 1. The van der Waals surface area contributed by atoms with E-state index in [0.717, 1.165) is 38.8 Å². The maximum Gasteiger partial charge on any atom is 0.339 e. The zero-order chi connectivity index (χ0) is 16.0. The molecule has 22 heavy (non-hydrogen) atoms. The highest BCUT2D eigenvalue weighted by molar-refractivity contribution is 6.09. The van der Waals surface area contributed by atoms with Crippen LogP contribution in [0.2, 0.25) is 0 Å². The fourth-order valence-corrected chi connectivity index (χ4v) is 2.92. The van der Waals surface area contributed by atoms with E-state index in [4.69, 9.17) is 4.74 Å². The van der Waals surface area contributed by atoms with Crippen LogP contribution < -0.4 is 0 Å². The molecule has 0 atom stereocenters. The summed E-state index contributed by atoms with van der Waals surface area (Å²) >= 11 is 0. The van der Waals surface area contributed by atoms with E-state index in [1.54, 1.807) is 0 Å². The predicted octanol–water partition coefficient (Wildman–Crippen LogP) is 4.13. The molecule has 0 spiro atoms. The van der Waals surface area contributed by atoms with Crippen LogP contribution >= 0.6 is 0 Å². The number of hydrogen-bond donors (Lipinski definition) is 1. The number of fused-ring (bicyclic) bond motifs is 3. The molecule has 0 radical (unpaired) electrons. The lowest BCUT2D eigenvalue weighted by Crippen LogP contribution is -2.08. The molecule has 1 aromatic carbocycles. The summed E-state index contributed by atoms with van der Waals surface area (Å²) in [5, 5.41) is 2.12.